The molecule has 0 saturated carbocycles. The molecule has 1 aliphatic rings. The lowest BCUT2D eigenvalue weighted by molar-refractivity contribution is -0.143. The average Bonchev–Trinajstić information content (AvgIpc) is 2.80. The van der Waals surface area contributed by atoms with Crippen LogP contribution in [0.1, 0.15) is 50.5 Å². The van der Waals surface area contributed by atoms with Gasteiger partial charge in [0.05, 0.1) is 0 Å². The molecule has 1 amide bonds. The molecule has 1 aliphatic heterocycles. The Morgan fingerprint density at radius 1 is 1.43 bits per heavy atom. The summed E-state index contributed by atoms with van der Waals surface area (Å²) in [6, 6.07) is 0.386. The number of aromatic nitrogens is 2. The molecule has 2 atom stereocenters. The molecule has 0 aliphatic carbocycles. The number of rotatable bonds is 2. The normalized spacial score (nSPS) is 21.4. The minimum Gasteiger partial charge on any atom is -0.338 e. The maximum absolute atomic E-state index is 12.7. The largest absolute Gasteiger partial charge is 0.435 e. The Kier molecular flexibility index (Phi) is 4.30. The van der Waals surface area contributed by atoms with E-state index in [9.17, 15) is 18.0 Å². The average molecular weight is 303 g/mol. The first-order valence-electron chi connectivity index (χ1n) is 7.15. The van der Waals surface area contributed by atoms with Gasteiger partial charge >= 0.3 is 6.18 Å². The van der Waals surface area contributed by atoms with E-state index in [1.165, 1.54) is 11.6 Å². The van der Waals surface area contributed by atoms with E-state index in [2.05, 4.69) is 5.10 Å². The number of piperidine rings is 1. The third-order valence-corrected chi connectivity index (χ3v) is 4.02. The van der Waals surface area contributed by atoms with Crippen molar-refractivity contribution < 1.29 is 18.0 Å². The van der Waals surface area contributed by atoms with Crippen molar-refractivity contribution in [1.29, 1.82) is 0 Å². The highest BCUT2D eigenvalue weighted by Crippen LogP contribution is 2.30. The SMILES string of the molecule is Cc1cc(C(F)(F)F)nn1[C@H](C)C(=O)N1CCCC[C@@H]1C. The number of carbonyl (C=O) groups excluding carboxylic acids is 1. The van der Waals surface area contributed by atoms with Crippen molar-refractivity contribution in [1.82, 2.24) is 14.7 Å². The fourth-order valence-electron chi connectivity index (χ4n) is 2.79. The number of halogens is 3. The summed E-state index contributed by atoms with van der Waals surface area (Å²) in [5.41, 5.74) is -0.612. The summed E-state index contributed by atoms with van der Waals surface area (Å²) < 4.78 is 39.2. The van der Waals surface area contributed by atoms with Gasteiger partial charge < -0.3 is 4.90 Å². The van der Waals surface area contributed by atoms with Gasteiger partial charge in [0.2, 0.25) is 5.91 Å². The molecule has 0 radical (unpaired) electrons. The van der Waals surface area contributed by atoms with Crippen LogP contribution < -0.4 is 0 Å². The fraction of sp³-hybridized carbons (Fsp3) is 0.714. The Labute approximate surface area is 121 Å². The summed E-state index contributed by atoms with van der Waals surface area (Å²) in [5.74, 6) is -0.165. The summed E-state index contributed by atoms with van der Waals surface area (Å²) in [5, 5.41) is 3.57. The Morgan fingerprint density at radius 2 is 2.10 bits per heavy atom. The molecule has 0 unspecified atom stereocenters. The zero-order chi connectivity index (χ0) is 15.8. The van der Waals surface area contributed by atoms with Gasteiger partial charge in [-0.2, -0.15) is 18.3 Å². The molecule has 0 N–H and O–H groups in total. The minimum atomic E-state index is -4.49. The number of carbonyl (C=O) groups is 1. The van der Waals surface area contributed by atoms with Gasteiger partial charge in [-0.1, -0.05) is 0 Å². The molecule has 2 heterocycles. The molecule has 1 aromatic rings. The number of hydrogen-bond acceptors (Lipinski definition) is 2. The molecular formula is C14H20F3N3O. The van der Waals surface area contributed by atoms with Crippen molar-refractivity contribution in [3.63, 3.8) is 0 Å². The van der Waals surface area contributed by atoms with Crippen LogP contribution in [0.5, 0.6) is 0 Å². The third-order valence-electron chi connectivity index (χ3n) is 4.02. The van der Waals surface area contributed by atoms with Crippen LogP contribution in [-0.4, -0.2) is 33.2 Å². The quantitative estimate of drug-likeness (QED) is 0.841. The van der Waals surface area contributed by atoms with E-state index in [0.717, 1.165) is 25.3 Å². The van der Waals surface area contributed by atoms with Crippen LogP contribution in [-0.2, 0) is 11.0 Å². The van der Waals surface area contributed by atoms with Crippen molar-refractivity contribution in [3.05, 3.63) is 17.5 Å². The van der Waals surface area contributed by atoms with Crippen LogP contribution >= 0.6 is 0 Å². The van der Waals surface area contributed by atoms with E-state index < -0.39 is 17.9 Å². The van der Waals surface area contributed by atoms with Gasteiger partial charge in [-0.3, -0.25) is 9.48 Å². The van der Waals surface area contributed by atoms with Crippen molar-refractivity contribution in [2.75, 3.05) is 6.54 Å². The van der Waals surface area contributed by atoms with Gasteiger partial charge in [0.25, 0.3) is 0 Å². The second kappa shape index (κ2) is 5.69. The predicted molar refractivity (Wildman–Crippen MR) is 71.7 cm³/mol. The smallest absolute Gasteiger partial charge is 0.338 e. The molecule has 7 heteroatoms. The topological polar surface area (TPSA) is 38.1 Å². The highest BCUT2D eigenvalue weighted by Gasteiger charge is 2.36. The Balaban J connectivity index is 2.21. The van der Waals surface area contributed by atoms with Gasteiger partial charge in [0.1, 0.15) is 6.04 Å². The van der Waals surface area contributed by atoms with Crippen molar-refractivity contribution in [3.8, 4) is 0 Å². The molecule has 0 aromatic carbocycles. The summed E-state index contributed by atoms with van der Waals surface area (Å²) in [6.07, 6.45) is -1.53. The molecule has 0 bridgehead atoms. The maximum atomic E-state index is 12.7. The zero-order valence-corrected chi connectivity index (χ0v) is 12.4. The first kappa shape index (κ1) is 15.9. The molecule has 2 rings (SSSR count). The zero-order valence-electron chi connectivity index (χ0n) is 12.4. The maximum Gasteiger partial charge on any atom is 0.435 e. The summed E-state index contributed by atoms with van der Waals surface area (Å²) in [4.78, 5) is 14.3. The van der Waals surface area contributed by atoms with Crippen molar-refractivity contribution in [2.24, 2.45) is 0 Å². The van der Waals surface area contributed by atoms with Crippen LogP contribution in [0.2, 0.25) is 0 Å². The van der Waals surface area contributed by atoms with Crippen LogP contribution in [0.25, 0.3) is 0 Å². The molecule has 118 valence electrons. The second-order valence-electron chi connectivity index (χ2n) is 5.67. The number of aryl methyl sites for hydroxylation is 1. The van der Waals surface area contributed by atoms with Gasteiger partial charge in [0, 0.05) is 18.3 Å². The molecule has 1 aromatic heterocycles. The minimum absolute atomic E-state index is 0.131. The lowest BCUT2D eigenvalue weighted by atomic mass is 10.0. The molecular weight excluding hydrogens is 283 g/mol. The predicted octanol–water partition coefficient (Wildman–Crippen LogP) is 3.17. The lowest BCUT2D eigenvalue weighted by Gasteiger charge is -2.35. The molecule has 4 nitrogen and oxygen atoms in total. The molecule has 1 saturated heterocycles. The van der Waals surface area contributed by atoms with Gasteiger partial charge in [-0.15, -0.1) is 0 Å². The fourth-order valence-corrected chi connectivity index (χ4v) is 2.79. The Hall–Kier alpha value is -1.53. The van der Waals surface area contributed by atoms with E-state index >= 15 is 0 Å². The Morgan fingerprint density at radius 3 is 2.62 bits per heavy atom. The van der Waals surface area contributed by atoms with Crippen molar-refractivity contribution in [2.45, 2.75) is 58.3 Å². The van der Waals surface area contributed by atoms with E-state index in [-0.39, 0.29) is 11.9 Å². The number of alkyl halides is 3. The van der Waals surface area contributed by atoms with Gasteiger partial charge in [0.15, 0.2) is 5.69 Å². The van der Waals surface area contributed by atoms with E-state index in [4.69, 9.17) is 0 Å². The number of hydrogen-bond donors (Lipinski definition) is 0. The van der Waals surface area contributed by atoms with E-state index in [0.29, 0.717) is 12.2 Å². The van der Waals surface area contributed by atoms with Gasteiger partial charge in [-0.25, -0.2) is 0 Å². The van der Waals surface area contributed by atoms with Crippen molar-refractivity contribution >= 4 is 5.91 Å². The van der Waals surface area contributed by atoms with Crippen LogP contribution in [0.3, 0.4) is 0 Å². The highest BCUT2D eigenvalue weighted by atomic mass is 19.4. The summed E-state index contributed by atoms with van der Waals surface area (Å²) in [6.45, 7) is 5.77. The second-order valence-corrected chi connectivity index (χ2v) is 5.67. The summed E-state index contributed by atoms with van der Waals surface area (Å²) in [7, 11) is 0. The number of likely N-dealkylation sites (tertiary alicyclic amines) is 1. The highest BCUT2D eigenvalue weighted by molar-refractivity contribution is 5.80. The monoisotopic (exact) mass is 303 g/mol. The van der Waals surface area contributed by atoms with E-state index in [1.54, 1.807) is 11.8 Å². The molecule has 0 spiro atoms. The Bertz CT molecular complexity index is 524. The molecule has 1 fully saturated rings. The van der Waals surface area contributed by atoms with Crippen LogP contribution in [0, 0.1) is 6.92 Å². The van der Waals surface area contributed by atoms with Crippen LogP contribution in [0.4, 0.5) is 13.2 Å². The third kappa shape index (κ3) is 3.22. The van der Waals surface area contributed by atoms with Gasteiger partial charge in [-0.05, 0) is 46.1 Å². The first-order valence-corrected chi connectivity index (χ1v) is 7.15. The summed E-state index contributed by atoms with van der Waals surface area (Å²) >= 11 is 0. The van der Waals surface area contributed by atoms with E-state index in [1.807, 2.05) is 6.92 Å². The molecule has 21 heavy (non-hydrogen) atoms. The number of nitrogens with zero attached hydrogens (tertiary/aromatic N) is 3. The standard InChI is InChI=1S/C14H20F3N3O/c1-9-6-4-5-7-19(9)13(21)11(3)20-10(2)8-12(18-20)14(15,16)17/h8-9,11H,4-7H2,1-3H3/t9-,11+/m0/s1. The van der Waals surface area contributed by atoms with Crippen LogP contribution in [0.15, 0.2) is 6.07 Å². The first-order chi connectivity index (χ1) is 9.71. The number of amides is 1. The lowest BCUT2D eigenvalue weighted by Crippen LogP contribution is -2.45.